The lowest BCUT2D eigenvalue weighted by Gasteiger charge is -2.11. The number of hydrogen-bond donors (Lipinski definition) is 1. The second kappa shape index (κ2) is 6.73. The maximum Gasteiger partial charge on any atom is 0.338 e. The first-order chi connectivity index (χ1) is 9.85. The number of ether oxygens (including phenoxy) is 1. The molecule has 0 aromatic heterocycles. The fourth-order valence-corrected chi connectivity index (χ4v) is 4.22. The molecule has 0 aliphatic carbocycles. The summed E-state index contributed by atoms with van der Waals surface area (Å²) >= 11 is 2.07. The minimum Gasteiger partial charge on any atom is -0.452 e. The molecule has 8 heteroatoms. The van der Waals surface area contributed by atoms with Gasteiger partial charge in [-0.3, -0.25) is 4.79 Å². The van der Waals surface area contributed by atoms with E-state index >= 15 is 0 Å². The third kappa shape index (κ3) is 4.95. The van der Waals surface area contributed by atoms with Gasteiger partial charge >= 0.3 is 5.97 Å². The zero-order chi connectivity index (χ0) is 15.5. The number of carbonyl (C=O) groups excluding carboxylic acids is 2. The molecular weight excluding hydrogens is 409 g/mol. The minimum absolute atomic E-state index is 0.0520. The highest BCUT2D eigenvalue weighted by molar-refractivity contribution is 14.1. The van der Waals surface area contributed by atoms with Gasteiger partial charge in [0.1, 0.15) is 0 Å². The van der Waals surface area contributed by atoms with Gasteiger partial charge in [0.15, 0.2) is 16.4 Å². The fourth-order valence-electron chi connectivity index (χ4n) is 2.01. The predicted molar refractivity (Wildman–Crippen MR) is 84.6 cm³/mol. The van der Waals surface area contributed by atoms with E-state index < -0.39 is 28.3 Å². The summed E-state index contributed by atoms with van der Waals surface area (Å²) in [6.45, 7) is -0.416. The van der Waals surface area contributed by atoms with Crippen LogP contribution in [-0.4, -0.2) is 44.4 Å². The molecule has 114 valence electrons. The molecule has 1 N–H and O–H groups in total. The predicted octanol–water partition coefficient (Wildman–Crippen LogP) is 0.751. The van der Waals surface area contributed by atoms with Crippen molar-refractivity contribution in [2.75, 3.05) is 18.1 Å². The van der Waals surface area contributed by atoms with Crippen LogP contribution in [0.25, 0.3) is 0 Å². The van der Waals surface area contributed by atoms with Crippen LogP contribution in [0.15, 0.2) is 24.3 Å². The maximum absolute atomic E-state index is 11.7. The summed E-state index contributed by atoms with van der Waals surface area (Å²) < 4.78 is 28.3. The standard InChI is InChI=1S/C13H14INO5S/c14-10-3-1-2-9(6-10)13(17)20-7-12(16)15-11-4-5-21(18,19)8-11/h1-3,6,11H,4-5,7-8H2,(H,15,16). The van der Waals surface area contributed by atoms with E-state index in [0.717, 1.165) is 3.57 Å². The molecule has 0 saturated carbocycles. The number of carbonyl (C=O) groups is 2. The molecule has 1 heterocycles. The highest BCUT2D eigenvalue weighted by atomic mass is 127. The topological polar surface area (TPSA) is 89.5 Å². The van der Waals surface area contributed by atoms with Crippen molar-refractivity contribution < 1.29 is 22.7 Å². The zero-order valence-corrected chi connectivity index (χ0v) is 14.0. The van der Waals surface area contributed by atoms with Crippen molar-refractivity contribution in [1.29, 1.82) is 0 Å². The van der Waals surface area contributed by atoms with Gasteiger partial charge in [-0.25, -0.2) is 13.2 Å². The molecule has 21 heavy (non-hydrogen) atoms. The molecule has 0 spiro atoms. The van der Waals surface area contributed by atoms with Gasteiger partial charge < -0.3 is 10.1 Å². The summed E-state index contributed by atoms with van der Waals surface area (Å²) in [6.07, 6.45) is 0.402. The smallest absolute Gasteiger partial charge is 0.338 e. The Kier molecular flexibility index (Phi) is 5.20. The Hall–Kier alpha value is -1.16. The van der Waals surface area contributed by atoms with Crippen LogP contribution in [0.5, 0.6) is 0 Å². The normalized spacial score (nSPS) is 20.0. The Morgan fingerprint density at radius 2 is 2.14 bits per heavy atom. The first-order valence-electron chi connectivity index (χ1n) is 6.28. The van der Waals surface area contributed by atoms with Crippen molar-refractivity contribution in [1.82, 2.24) is 5.32 Å². The first kappa shape index (κ1) is 16.2. The number of nitrogens with one attached hydrogen (secondary N) is 1. The lowest BCUT2D eigenvalue weighted by Crippen LogP contribution is -2.38. The molecular formula is C13H14INO5S. The molecule has 0 bridgehead atoms. The van der Waals surface area contributed by atoms with E-state index in [4.69, 9.17) is 4.74 Å². The summed E-state index contributed by atoms with van der Waals surface area (Å²) in [5.74, 6) is -1.04. The second-order valence-corrected chi connectivity index (χ2v) is 8.23. The van der Waals surface area contributed by atoms with Crippen LogP contribution in [-0.2, 0) is 19.4 Å². The molecule has 1 fully saturated rings. The van der Waals surface area contributed by atoms with Crippen LogP contribution in [0.4, 0.5) is 0 Å². The van der Waals surface area contributed by atoms with Gasteiger partial charge in [-0.15, -0.1) is 0 Å². The van der Waals surface area contributed by atoms with Crippen molar-refractivity contribution in [3.05, 3.63) is 33.4 Å². The van der Waals surface area contributed by atoms with E-state index in [2.05, 4.69) is 27.9 Å². The highest BCUT2D eigenvalue weighted by Gasteiger charge is 2.29. The third-order valence-electron chi connectivity index (χ3n) is 2.99. The van der Waals surface area contributed by atoms with Gasteiger partial charge in [-0.2, -0.15) is 0 Å². The van der Waals surface area contributed by atoms with Gasteiger partial charge in [0.05, 0.1) is 17.1 Å². The van der Waals surface area contributed by atoms with Crippen molar-refractivity contribution >= 4 is 44.3 Å². The van der Waals surface area contributed by atoms with Gasteiger partial charge in [-0.1, -0.05) is 6.07 Å². The molecule has 6 nitrogen and oxygen atoms in total. The molecule has 1 amide bonds. The highest BCUT2D eigenvalue weighted by Crippen LogP contribution is 2.11. The number of halogens is 1. The fraction of sp³-hybridized carbons (Fsp3) is 0.385. The molecule has 1 saturated heterocycles. The van der Waals surface area contributed by atoms with Gasteiger partial charge in [-0.05, 0) is 47.2 Å². The molecule has 2 rings (SSSR count). The Balaban J connectivity index is 1.80. The van der Waals surface area contributed by atoms with Crippen LogP contribution in [0, 0.1) is 3.57 Å². The average molecular weight is 423 g/mol. The Bertz CT molecular complexity index is 658. The Labute approximate surface area is 136 Å². The number of sulfone groups is 1. The number of esters is 1. The van der Waals surface area contributed by atoms with Crippen LogP contribution < -0.4 is 5.32 Å². The molecule has 1 aliphatic heterocycles. The Morgan fingerprint density at radius 3 is 2.76 bits per heavy atom. The lowest BCUT2D eigenvalue weighted by atomic mass is 10.2. The van der Waals surface area contributed by atoms with Crippen LogP contribution in [0.2, 0.25) is 0 Å². The van der Waals surface area contributed by atoms with Crippen LogP contribution in [0.1, 0.15) is 16.8 Å². The lowest BCUT2D eigenvalue weighted by molar-refractivity contribution is -0.124. The van der Waals surface area contributed by atoms with Gasteiger partial charge in [0.2, 0.25) is 0 Å². The molecule has 0 radical (unpaired) electrons. The van der Waals surface area contributed by atoms with E-state index in [0.29, 0.717) is 12.0 Å². The minimum atomic E-state index is -3.04. The monoisotopic (exact) mass is 423 g/mol. The quantitative estimate of drug-likeness (QED) is 0.571. The number of hydrogen-bond acceptors (Lipinski definition) is 5. The van der Waals surface area contributed by atoms with Crippen LogP contribution >= 0.6 is 22.6 Å². The third-order valence-corrected chi connectivity index (χ3v) is 5.43. The summed E-state index contributed by atoms with van der Waals surface area (Å²) in [5, 5.41) is 2.56. The zero-order valence-electron chi connectivity index (χ0n) is 11.0. The van der Waals surface area contributed by atoms with E-state index in [9.17, 15) is 18.0 Å². The van der Waals surface area contributed by atoms with Crippen molar-refractivity contribution in [3.63, 3.8) is 0 Å². The Morgan fingerprint density at radius 1 is 1.38 bits per heavy atom. The largest absolute Gasteiger partial charge is 0.452 e. The van der Waals surface area contributed by atoms with E-state index in [1.54, 1.807) is 18.2 Å². The summed E-state index contributed by atoms with van der Waals surface area (Å²) in [7, 11) is -3.04. The molecule has 1 atom stereocenters. The van der Waals surface area contributed by atoms with Gasteiger partial charge in [0.25, 0.3) is 5.91 Å². The molecule has 1 aromatic rings. The number of amides is 1. The van der Waals surface area contributed by atoms with Gasteiger partial charge in [0, 0.05) is 9.61 Å². The summed E-state index contributed by atoms with van der Waals surface area (Å²) in [5.41, 5.74) is 0.373. The van der Waals surface area contributed by atoms with E-state index in [1.165, 1.54) is 0 Å². The van der Waals surface area contributed by atoms with Crippen LogP contribution in [0.3, 0.4) is 0 Å². The average Bonchev–Trinajstić information content (AvgIpc) is 2.75. The number of benzene rings is 1. The summed E-state index contributed by atoms with van der Waals surface area (Å²) in [4.78, 5) is 23.4. The molecule has 1 aromatic carbocycles. The van der Waals surface area contributed by atoms with Crippen molar-refractivity contribution in [2.24, 2.45) is 0 Å². The first-order valence-corrected chi connectivity index (χ1v) is 9.18. The maximum atomic E-state index is 11.7. The van der Waals surface area contributed by atoms with Crippen molar-refractivity contribution in [2.45, 2.75) is 12.5 Å². The van der Waals surface area contributed by atoms with E-state index in [-0.39, 0.29) is 17.5 Å². The second-order valence-electron chi connectivity index (χ2n) is 4.75. The van der Waals surface area contributed by atoms with Crippen molar-refractivity contribution in [3.8, 4) is 0 Å². The van der Waals surface area contributed by atoms with E-state index in [1.807, 2.05) is 6.07 Å². The SMILES string of the molecule is O=C(COC(=O)c1cccc(I)c1)NC1CCS(=O)(=O)C1. The number of rotatable bonds is 4. The molecule has 1 unspecified atom stereocenters. The summed E-state index contributed by atoms with van der Waals surface area (Å²) in [6, 6.07) is 6.43. The molecule has 1 aliphatic rings.